The van der Waals surface area contributed by atoms with Gasteiger partial charge in [0.15, 0.2) is 24.8 Å². The zero-order valence-electron chi connectivity index (χ0n) is 57.1. The van der Waals surface area contributed by atoms with Crippen LogP contribution in [0.3, 0.4) is 0 Å². The summed E-state index contributed by atoms with van der Waals surface area (Å²) in [5.41, 5.74) is 0. The molecule has 6 nitrogen and oxygen atoms in total. The number of aryl methyl sites for hydroxylation is 2. The second-order valence-corrected chi connectivity index (χ2v) is 25.6. The molecule has 0 unspecified atom stereocenters. The van der Waals surface area contributed by atoms with Gasteiger partial charge >= 0.3 is 0 Å². The molecule has 0 aliphatic heterocycles. The highest BCUT2D eigenvalue weighted by atomic mass is 16.4. The van der Waals surface area contributed by atoms with E-state index in [-0.39, 0.29) is 12.8 Å². The van der Waals surface area contributed by atoms with Crippen molar-refractivity contribution in [1.29, 1.82) is 0 Å². The summed E-state index contributed by atoms with van der Waals surface area (Å²) in [5, 5.41) is 20.4. The third kappa shape index (κ3) is 77.3. The fourth-order valence-corrected chi connectivity index (χ4v) is 11.4. The molecule has 0 aliphatic rings. The lowest BCUT2D eigenvalue weighted by atomic mass is 10.0. The Kier molecular flexibility index (Phi) is 75.7. The first-order valence-electron chi connectivity index (χ1n) is 37.7. The van der Waals surface area contributed by atoms with Crippen LogP contribution in [-0.2, 0) is 22.7 Å². The van der Waals surface area contributed by atoms with E-state index in [1.807, 2.05) is 0 Å². The quantitative estimate of drug-likeness (QED) is 0.0488. The van der Waals surface area contributed by atoms with Crippen LogP contribution in [0.2, 0.25) is 0 Å². The molecule has 492 valence electrons. The van der Waals surface area contributed by atoms with E-state index >= 15 is 0 Å². The number of carbonyl (C=O) groups excluding carboxylic acids is 2. The number of hydrogen-bond acceptors (Lipinski definition) is 4. The molecule has 84 heavy (non-hydrogen) atoms. The van der Waals surface area contributed by atoms with Crippen molar-refractivity contribution < 1.29 is 28.9 Å². The molecule has 2 aromatic rings. The number of carbonyl (C=O) groups is 2. The van der Waals surface area contributed by atoms with Gasteiger partial charge in [0.05, 0.1) is 0 Å². The number of aliphatic carboxylic acids is 2. The summed E-state index contributed by atoms with van der Waals surface area (Å²) in [5.74, 6) is -1.81. The lowest BCUT2D eigenvalue weighted by Crippen LogP contribution is -2.32. The maximum atomic E-state index is 10.2. The Labute approximate surface area is 525 Å². The minimum absolute atomic E-state index is 0.234. The highest BCUT2D eigenvalue weighted by molar-refractivity contribution is 5.64. The SMILES string of the molecule is CCCCCCCCCCCCCCCCCC(=O)[O-].CCCCCCCCCCCCCCCCCC(=O)[O-].CCCCCCCCCCCCCCCC[n+]1ccccc1.CCCCCCCCCCCCCCCC[n+]1ccccc1. The highest BCUT2D eigenvalue weighted by Gasteiger charge is 2.02. The van der Waals surface area contributed by atoms with Crippen molar-refractivity contribution in [2.24, 2.45) is 0 Å². The number of rotatable bonds is 62. The van der Waals surface area contributed by atoms with E-state index in [0.717, 1.165) is 25.7 Å². The monoisotopic (exact) mass is 1180 g/mol. The van der Waals surface area contributed by atoms with Crippen LogP contribution >= 0.6 is 0 Å². The number of pyridine rings is 2. The first kappa shape index (κ1) is 83.3. The van der Waals surface area contributed by atoms with Crippen LogP contribution in [0.5, 0.6) is 0 Å². The van der Waals surface area contributed by atoms with E-state index in [1.165, 1.54) is 360 Å². The van der Waals surface area contributed by atoms with E-state index in [9.17, 15) is 19.8 Å². The zero-order valence-corrected chi connectivity index (χ0v) is 57.1. The molecule has 0 spiro atoms. The molecule has 0 saturated carbocycles. The summed E-state index contributed by atoms with van der Waals surface area (Å²) < 4.78 is 4.58. The van der Waals surface area contributed by atoms with Gasteiger partial charge in [0, 0.05) is 49.0 Å². The molecule has 0 amide bonds. The molecule has 2 aromatic heterocycles. The Balaban J connectivity index is 0. The molecule has 0 atom stereocenters. The molecule has 0 fully saturated rings. The molecule has 2 heterocycles. The van der Waals surface area contributed by atoms with Crippen molar-refractivity contribution in [1.82, 2.24) is 0 Å². The number of hydrogen-bond donors (Lipinski definition) is 0. The van der Waals surface area contributed by atoms with Gasteiger partial charge in [-0.05, 0) is 38.5 Å². The van der Waals surface area contributed by atoms with Crippen LogP contribution in [0.1, 0.15) is 413 Å². The third-order valence-electron chi connectivity index (χ3n) is 17.1. The number of nitrogens with zero attached hydrogens (tertiary/aromatic N) is 2. The summed E-state index contributed by atoms with van der Waals surface area (Å²) in [6, 6.07) is 12.6. The average molecular weight is 1180 g/mol. The van der Waals surface area contributed by atoms with Gasteiger partial charge in [-0.15, -0.1) is 0 Å². The van der Waals surface area contributed by atoms with Gasteiger partial charge in [0.25, 0.3) is 0 Å². The normalized spacial score (nSPS) is 10.9. The van der Waals surface area contributed by atoms with Crippen molar-refractivity contribution in [3.05, 3.63) is 61.2 Å². The maximum absolute atomic E-state index is 10.2. The Morgan fingerprint density at radius 2 is 0.357 bits per heavy atom. The van der Waals surface area contributed by atoms with Gasteiger partial charge in [-0.25, -0.2) is 9.13 Å². The predicted molar refractivity (Wildman–Crippen MR) is 363 cm³/mol. The molecule has 2 rings (SSSR count). The van der Waals surface area contributed by atoms with Gasteiger partial charge in [0.2, 0.25) is 0 Å². The van der Waals surface area contributed by atoms with Gasteiger partial charge in [-0.2, -0.15) is 0 Å². The standard InChI is InChI=1S/2C21H38N.2C18H36O2/c2*1-2-3-4-5-6-7-8-9-10-11-12-13-14-16-19-22-20-17-15-18-21-22;2*1-2-3-4-5-6-7-8-9-10-11-12-13-14-15-16-17-18(19)20/h2*15,17-18,20-21H,2-14,16,19H2,1H3;2*2-17H2,1H3,(H,19,20)/q2*+1;;/p-2. The van der Waals surface area contributed by atoms with Crippen LogP contribution in [0.25, 0.3) is 0 Å². The van der Waals surface area contributed by atoms with Crippen molar-refractivity contribution in [3.63, 3.8) is 0 Å². The first-order chi connectivity index (χ1) is 41.4. The van der Waals surface area contributed by atoms with Crippen molar-refractivity contribution >= 4 is 11.9 Å². The number of aromatic nitrogens is 2. The average Bonchev–Trinajstić information content (AvgIpc) is 3.51. The Bertz CT molecular complexity index is 1380. The minimum atomic E-state index is -0.903. The van der Waals surface area contributed by atoms with E-state index in [1.54, 1.807) is 0 Å². The fraction of sp³-hybridized carbons (Fsp3) is 0.846. The van der Waals surface area contributed by atoms with Gasteiger partial charge in [0.1, 0.15) is 13.1 Å². The van der Waals surface area contributed by atoms with Crippen LogP contribution < -0.4 is 19.3 Å². The molecule has 0 radical (unpaired) electrons. The Morgan fingerprint density at radius 3 is 0.512 bits per heavy atom. The number of unbranched alkanes of at least 4 members (excludes halogenated alkanes) is 54. The van der Waals surface area contributed by atoms with E-state index in [4.69, 9.17) is 0 Å². The summed E-state index contributed by atoms with van der Waals surface area (Å²) in [6.45, 7) is 11.5. The summed E-state index contributed by atoms with van der Waals surface area (Å²) in [6.07, 6.45) is 88.6. The topological polar surface area (TPSA) is 88.0 Å². The van der Waals surface area contributed by atoms with Gasteiger partial charge < -0.3 is 19.8 Å². The van der Waals surface area contributed by atoms with Crippen molar-refractivity contribution in [2.45, 2.75) is 426 Å². The number of carboxylic acid groups (broad SMARTS) is 2. The summed E-state index contributed by atoms with van der Waals surface area (Å²) >= 11 is 0. The molecule has 0 bridgehead atoms. The highest BCUT2D eigenvalue weighted by Crippen LogP contribution is 2.18. The van der Waals surface area contributed by atoms with Crippen molar-refractivity contribution in [2.75, 3.05) is 0 Å². The van der Waals surface area contributed by atoms with Crippen LogP contribution in [0, 0.1) is 0 Å². The predicted octanol–water partition coefficient (Wildman–Crippen LogP) is 22.9. The largest absolute Gasteiger partial charge is 0.550 e. The smallest absolute Gasteiger partial charge is 0.168 e. The van der Waals surface area contributed by atoms with E-state index < -0.39 is 11.9 Å². The summed E-state index contributed by atoms with van der Waals surface area (Å²) in [7, 11) is 0. The van der Waals surface area contributed by atoms with Crippen LogP contribution in [0.15, 0.2) is 61.2 Å². The minimum Gasteiger partial charge on any atom is -0.550 e. The van der Waals surface area contributed by atoms with E-state index in [0.29, 0.717) is 0 Å². The second kappa shape index (κ2) is 76.3. The third-order valence-corrected chi connectivity index (χ3v) is 17.1. The lowest BCUT2D eigenvalue weighted by Gasteiger charge is -2.04. The van der Waals surface area contributed by atoms with E-state index in [2.05, 4.69) is 98.0 Å². The molecule has 6 heteroatoms. The lowest BCUT2D eigenvalue weighted by molar-refractivity contribution is -0.697. The Morgan fingerprint density at radius 1 is 0.214 bits per heavy atom. The molecule has 0 aliphatic carbocycles. The molecular weight excluding hydrogens is 1030 g/mol. The zero-order chi connectivity index (χ0) is 61.2. The molecule has 0 saturated heterocycles. The fourth-order valence-electron chi connectivity index (χ4n) is 11.4. The molecule has 0 aromatic carbocycles. The van der Waals surface area contributed by atoms with Gasteiger partial charge in [-0.3, -0.25) is 0 Å². The summed E-state index contributed by atoms with van der Waals surface area (Å²) in [4.78, 5) is 20.4. The first-order valence-corrected chi connectivity index (χ1v) is 37.7. The molecule has 0 N–H and O–H groups in total. The molecular formula is C78H146N2O4. The second-order valence-electron chi connectivity index (χ2n) is 25.6. The maximum Gasteiger partial charge on any atom is 0.168 e. The van der Waals surface area contributed by atoms with Gasteiger partial charge in [-0.1, -0.05) is 374 Å². The van der Waals surface area contributed by atoms with Crippen molar-refractivity contribution in [3.8, 4) is 0 Å². The Hall–Kier alpha value is -2.76. The number of carboxylic acids is 2. The van der Waals surface area contributed by atoms with Crippen LogP contribution in [-0.4, -0.2) is 11.9 Å². The van der Waals surface area contributed by atoms with Crippen LogP contribution in [0.4, 0.5) is 0 Å².